The molecule has 0 aliphatic carbocycles. The molecule has 2 aromatic rings. The summed E-state index contributed by atoms with van der Waals surface area (Å²) in [6.07, 6.45) is -0.568. The Hall–Kier alpha value is -1.12. The Labute approximate surface area is 117 Å². The van der Waals surface area contributed by atoms with Gasteiger partial charge in [0.1, 0.15) is 6.10 Å². The van der Waals surface area contributed by atoms with Crippen molar-refractivity contribution in [3.8, 4) is 0 Å². The van der Waals surface area contributed by atoms with Crippen LogP contribution in [0.2, 0.25) is 0 Å². The van der Waals surface area contributed by atoms with Crippen molar-refractivity contribution in [1.82, 2.24) is 0 Å². The molecule has 0 amide bonds. The van der Waals surface area contributed by atoms with Crippen LogP contribution in [-0.2, 0) is 0 Å². The molecule has 1 unspecified atom stereocenters. The molecular weight excluding hydrogens is 288 g/mol. The van der Waals surface area contributed by atoms with Gasteiger partial charge in [0.15, 0.2) is 0 Å². The first-order chi connectivity index (χ1) is 8.49. The zero-order valence-electron chi connectivity index (χ0n) is 10.9. The molecule has 94 valence electrons. The molecule has 0 radical (unpaired) electrons. The number of aliphatic hydroxyl groups excluding tert-OH is 1. The molecule has 1 atom stereocenters. The second-order valence-electron chi connectivity index (χ2n) is 4.75. The van der Waals surface area contributed by atoms with Crippen LogP contribution in [0.1, 0.15) is 33.9 Å². The van der Waals surface area contributed by atoms with Crippen LogP contribution in [0.25, 0.3) is 0 Å². The minimum Gasteiger partial charge on any atom is -0.384 e. The van der Waals surface area contributed by atoms with Gasteiger partial charge in [-0.15, -0.1) is 0 Å². The first kappa shape index (κ1) is 13.3. The number of aryl methyl sites for hydroxylation is 3. The van der Waals surface area contributed by atoms with Gasteiger partial charge in [-0.3, -0.25) is 0 Å². The second kappa shape index (κ2) is 5.25. The maximum absolute atomic E-state index is 10.5. The smallest absolute Gasteiger partial charge is 0.104 e. The lowest BCUT2D eigenvalue weighted by Crippen LogP contribution is -2.02. The summed E-state index contributed by atoms with van der Waals surface area (Å²) in [6, 6.07) is 12.1. The lowest BCUT2D eigenvalue weighted by molar-refractivity contribution is 0.219. The number of halogens is 1. The second-order valence-corrected chi connectivity index (χ2v) is 5.66. The summed E-state index contributed by atoms with van der Waals surface area (Å²) in [5.74, 6) is 0. The third kappa shape index (κ3) is 2.65. The van der Waals surface area contributed by atoms with E-state index in [4.69, 9.17) is 0 Å². The van der Waals surface area contributed by atoms with Gasteiger partial charge >= 0.3 is 0 Å². The van der Waals surface area contributed by atoms with Crippen LogP contribution in [0.15, 0.2) is 40.9 Å². The zero-order chi connectivity index (χ0) is 13.3. The average molecular weight is 305 g/mol. The fourth-order valence-corrected chi connectivity index (χ4v) is 2.40. The van der Waals surface area contributed by atoms with Crippen LogP contribution in [0.4, 0.5) is 0 Å². The van der Waals surface area contributed by atoms with E-state index in [1.165, 1.54) is 11.1 Å². The topological polar surface area (TPSA) is 20.2 Å². The highest BCUT2D eigenvalue weighted by atomic mass is 79.9. The van der Waals surface area contributed by atoms with E-state index in [0.717, 1.165) is 21.2 Å². The van der Waals surface area contributed by atoms with Crippen LogP contribution in [0, 0.1) is 20.8 Å². The Bertz CT molecular complexity index is 575. The van der Waals surface area contributed by atoms with E-state index in [9.17, 15) is 5.11 Å². The molecular formula is C16H17BrO. The van der Waals surface area contributed by atoms with Crippen molar-refractivity contribution in [2.24, 2.45) is 0 Å². The first-order valence-corrected chi connectivity index (χ1v) is 6.79. The molecule has 0 heterocycles. The van der Waals surface area contributed by atoms with E-state index >= 15 is 0 Å². The molecule has 1 nitrogen and oxygen atoms in total. The van der Waals surface area contributed by atoms with Crippen LogP contribution < -0.4 is 0 Å². The highest BCUT2D eigenvalue weighted by Gasteiger charge is 2.13. The molecule has 0 fully saturated rings. The summed E-state index contributed by atoms with van der Waals surface area (Å²) >= 11 is 3.45. The Morgan fingerprint density at radius 1 is 0.889 bits per heavy atom. The molecule has 2 aromatic carbocycles. The monoisotopic (exact) mass is 304 g/mol. The Morgan fingerprint density at radius 2 is 1.56 bits per heavy atom. The maximum atomic E-state index is 10.5. The lowest BCUT2D eigenvalue weighted by Gasteiger charge is -2.16. The van der Waals surface area contributed by atoms with E-state index in [-0.39, 0.29) is 0 Å². The molecule has 18 heavy (non-hydrogen) atoms. The van der Waals surface area contributed by atoms with E-state index in [1.807, 2.05) is 31.2 Å². The van der Waals surface area contributed by atoms with Gasteiger partial charge in [0, 0.05) is 4.47 Å². The normalized spacial score (nSPS) is 12.5. The van der Waals surface area contributed by atoms with E-state index in [0.29, 0.717) is 0 Å². The summed E-state index contributed by atoms with van der Waals surface area (Å²) in [7, 11) is 0. The standard InChI is InChI=1S/C16H17BrO/c1-10-4-6-13(8-12(10)3)16(18)15-9-14(17)7-5-11(15)2/h4-9,16,18H,1-3H3. The highest BCUT2D eigenvalue weighted by molar-refractivity contribution is 9.10. The van der Waals surface area contributed by atoms with Crippen LogP contribution in [-0.4, -0.2) is 5.11 Å². The average Bonchev–Trinajstić information content (AvgIpc) is 2.35. The summed E-state index contributed by atoms with van der Waals surface area (Å²) in [5, 5.41) is 10.5. The summed E-state index contributed by atoms with van der Waals surface area (Å²) in [6.45, 7) is 6.17. The van der Waals surface area contributed by atoms with Crippen molar-refractivity contribution >= 4 is 15.9 Å². The van der Waals surface area contributed by atoms with Crippen LogP contribution in [0.5, 0.6) is 0 Å². The van der Waals surface area contributed by atoms with Gasteiger partial charge in [0.05, 0.1) is 0 Å². The number of aliphatic hydroxyl groups is 1. The molecule has 0 aliphatic heterocycles. The van der Waals surface area contributed by atoms with Crippen LogP contribution >= 0.6 is 15.9 Å². The Kier molecular flexibility index (Phi) is 3.88. The predicted molar refractivity (Wildman–Crippen MR) is 78.9 cm³/mol. The highest BCUT2D eigenvalue weighted by Crippen LogP contribution is 2.28. The van der Waals surface area contributed by atoms with Crippen LogP contribution in [0.3, 0.4) is 0 Å². The fraction of sp³-hybridized carbons (Fsp3) is 0.250. The van der Waals surface area contributed by atoms with Crippen molar-refractivity contribution in [3.05, 3.63) is 68.7 Å². The minimum atomic E-state index is -0.568. The number of hydrogen-bond acceptors (Lipinski definition) is 1. The number of hydrogen-bond donors (Lipinski definition) is 1. The maximum Gasteiger partial charge on any atom is 0.104 e. The molecule has 0 aliphatic rings. The number of benzene rings is 2. The largest absolute Gasteiger partial charge is 0.384 e. The van der Waals surface area contributed by atoms with Crippen molar-refractivity contribution in [1.29, 1.82) is 0 Å². The van der Waals surface area contributed by atoms with Crippen molar-refractivity contribution in [2.75, 3.05) is 0 Å². The molecule has 2 rings (SSSR count). The quantitative estimate of drug-likeness (QED) is 0.868. The third-order valence-corrected chi connectivity index (χ3v) is 3.88. The van der Waals surface area contributed by atoms with Crippen molar-refractivity contribution < 1.29 is 5.11 Å². The van der Waals surface area contributed by atoms with Gasteiger partial charge in [-0.05, 0) is 60.7 Å². The zero-order valence-corrected chi connectivity index (χ0v) is 12.5. The van der Waals surface area contributed by atoms with E-state index in [2.05, 4.69) is 41.9 Å². The molecule has 0 spiro atoms. The lowest BCUT2D eigenvalue weighted by atomic mass is 9.95. The third-order valence-electron chi connectivity index (χ3n) is 3.38. The molecule has 0 saturated heterocycles. The SMILES string of the molecule is Cc1ccc(C(O)c2cc(Br)ccc2C)cc1C. The Morgan fingerprint density at radius 3 is 2.22 bits per heavy atom. The molecule has 2 heteroatoms. The predicted octanol–water partition coefficient (Wildman–Crippen LogP) is 4.46. The first-order valence-electron chi connectivity index (χ1n) is 6.00. The summed E-state index contributed by atoms with van der Waals surface area (Å²) in [4.78, 5) is 0. The van der Waals surface area contributed by atoms with Gasteiger partial charge in [-0.25, -0.2) is 0 Å². The molecule has 0 bridgehead atoms. The molecule has 0 aromatic heterocycles. The van der Waals surface area contributed by atoms with E-state index < -0.39 is 6.10 Å². The number of rotatable bonds is 2. The van der Waals surface area contributed by atoms with Gasteiger partial charge < -0.3 is 5.11 Å². The summed E-state index contributed by atoms with van der Waals surface area (Å²) < 4.78 is 0.992. The minimum absolute atomic E-state index is 0.568. The van der Waals surface area contributed by atoms with Gasteiger partial charge in [-0.1, -0.05) is 40.2 Å². The summed E-state index contributed by atoms with van der Waals surface area (Å²) in [5.41, 5.74) is 5.45. The van der Waals surface area contributed by atoms with Crippen molar-refractivity contribution in [2.45, 2.75) is 26.9 Å². The van der Waals surface area contributed by atoms with E-state index in [1.54, 1.807) is 0 Å². The Balaban J connectivity index is 2.44. The van der Waals surface area contributed by atoms with Gasteiger partial charge in [0.2, 0.25) is 0 Å². The van der Waals surface area contributed by atoms with Gasteiger partial charge in [-0.2, -0.15) is 0 Å². The molecule has 0 saturated carbocycles. The fourth-order valence-electron chi connectivity index (χ4n) is 2.02. The van der Waals surface area contributed by atoms with Crippen molar-refractivity contribution in [3.63, 3.8) is 0 Å². The molecule has 1 N–H and O–H groups in total. The van der Waals surface area contributed by atoms with Gasteiger partial charge in [0.25, 0.3) is 0 Å².